The third-order valence-corrected chi connectivity index (χ3v) is 3.94. The lowest BCUT2D eigenvalue weighted by Gasteiger charge is -2.15. The predicted molar refractivity (Wildman–Crippen MR) is 90.2 cm³/mol. The van der Waals surface area contributed by atoms with Gasteiger partial charge >= 0.3 is 6.18 Å². The lowest BCUT2D eigenvalue weighted by Crippen LogP contribution is -2.22. The van der Waals surface area contributed by atoms with Crippen molar-refractivity contribution >= 4 is 40.0 Å². The highest BCUT2D eigenvalue weighted by Crippen LogP contribution is 2.34. The Morgan fingerprint density at radius 1 is 1.19 bits per heavy atom. The summed E-state index contributed by atoms with van der Waals surface area (Å²) in [6.45, 7) is 0. The first-order valence-electron chi connectivity index (χ1n) is 7.40. The maximum Gasteiger partial charge on any atom is 0.451 e. The van der Waals surface area contributed by atoms with Gasteiger partial charge in [0.05, 0.1) is 29.3 Å². The van der Waals surface area contributed by atoms with Crippen molar-refractivity contribution in [2.45, 2.75) is 6.18 Å². The largest absolute Gasteiger partial charge is 0.545 e. The number of carbonyl (C=O) groups excluding carboxylic acids is 1. The minimum Gasteiger partial charge on any atom is -0.545 e. The number of benzene rings is 2. The molecule has 2 aromatic carbocycles. The Labute approximate surface area is 155 Å². The van der Waals surface area contributed by atoms with Crippen LogP contribution in [0.5, 0.6) is 5.75 Å². The fraction of sp³-hybridized carbons (Fsp3) is 0.118. The van der Waals surface area contributed by atoms with E-state index < -0.39 is 18.0 Å². The number of halogens is 4. The molecule has 0 spiro atoms. The summed E-state index contributed by atoms with van der Waals surface area (Å²) in [6, 6.07) is 7.98. The van der Waals surface area contributed by atoms with E-state index in [2.05, 4.69) is 15.3 Å². The molecule has 0 amide bonds. The van der Waals surface area contributed by atoms with Crippen LogP contribution in [0.2, 0.25) is 5.02 Å². The van der Waals surface area contributed by atoms with E-state index in [4.69, 9.17) is 16.3 Å². The number of nitrogens with zero attached hydrogens (tertiary/aromatic N) is 2. The van der Waals surface area contributed by atoms with Gasteiger partial charge in [-0.1, -0.05) is 17.7 Å². The number of aromatic carboxylic acids is 1. The minimum atomic E-state index is -4.79. The van der Waals surface area contributed by atoms with E-state index in [1.165, 1.54) is 37.4 Å². The number of fused-ring (bicyclic) bond motifs is 1. The topological polar surface area (TPSA) is 87.2 Å². The van der Waals surface area contributed by atoms with Gasteiger partial charge in [0.25, 0.3) is 0 Å². The standard InChI is InChI=1S/C17H11ClF3N3O3/c1-27-9-3-4-10-12(7-9)23-16(17(19,20)21)24-14(10)22-13-6-8(15(25)26)2-5-11(13)18/h2-7H,1H3,(H,25,26)(H,22,23,24)/p-1. The van der Waals surface area contributed by atoms with Crippen LogP contribution in [0.25, 0.3) is 10.9 Å². The van der Waals surface area contributed by atoms with Crippen molar-refractivity contribution < 1.29 is 27.8 Å². The van der Waals surface area contributed by atoms with Crippen LogP contribution in [-0.2, 0) is 6.18 Å². The number of ether oxygens (including phenoxy) is 1. The number of alkyl halides is 3. The van der Waals surface area contributed by atoms with Crippen LogP contribution in [0.15, 0.2) is 36.4 Å². The number of nitrogens with one attached hydrogen (secondary N) is 1. The van der Waals surface area contributed by atoms with Crippen LogP contribution >= 0.6 is 11.6 Å². The Balaban J connectivity index is 2.18. The third-order valence-electron chi connectivity index (χ3n) is 3.61. The van der Waals surface area contributed by atoms with Gasteiger partial charge in [0.1, 0.15) is 11.6 Å². The summed E-state index contributed by atoms with van der Waals surface area (Å²) in [5.41, 5.74) is -0.147. The first-order valence-corrected chi connectivity index (χ1v) is 7.78. The minimum absolute atomic E-state index is 0.00801. The monoisotopic (exact) mass is 396 g/mol. The Bertz CT molecular complexity index is 1040. The molecule has 0 aliphatic heterocycles. The fourth-order valence-corrected chi connectivity index (χ4v) is 2.50. The second kappa shape index (κ2) is 6.92. The number of anilines is 2. The van der Waals surface area contributed by atoms with E-state index in [0.717, 1.165) is 6.07 Å². The molecule has 27 heavy (non-hydrogen) atoms. The Kier molecular flexibility index (Phi) is 4.79. The van der Waals surface area contributed by atoms with Gasteiger partial charge in [-0.15, -0.1) is 0 Å². The van der Waals surface area contributed by atoms with E-state index in [9.17, 15) is 23.1 Å². The summed E-state index contributed by atoms with van der Waals surface area (Å²) in [6.07, 6.45) is -4.79. The molecule has 0 fully saturated rings. The molecular formula is C17H10ClF3N3O3-. The quantitative estimate of drug-likeness (QED) is 0.727. The molecule has 0 radical (unpaired) electrons. The third kappa shape index (κ3) is 3.87. The second-order valence-corrected chi connectivity index (χ2v) is 5.79. The molecule has 0 aliphatic carbocycles. The maximum absolute atomic E-state index is 13.2. The van der Waals surface area contributed by atoms with Crippen molar-refractivity contribution in [3.05, 3.63) is 52.8 Å². The zero-order valence-electron chi connectivity index (χ0n) is 13.6. The van der Waals surface area contributed by atoms with Crippen LogP contribution in [0.1, 0.15) is 16.2 Å². The fourth-order valence-electron chi connectivity index (χ4n) is 2.33. The summed E-state index contributed by atoms with van der Waals surface area (Å²) in [7, 11) is 1.37. The predicted octanol–water partition coefficient (Wildman–Crippen LogP) is 3.42. The van der Waals surface area contributed by atoms with Gasteiger partial charge < -0.3 is 20.0 Å². The van der Waals surface area contributed by atoms with E-state index >= 15 is 0 Å². The van der Waals surface area contributed by atoms with Crippen molar-refractivity contribution in [1.82, 2.24) is 9.97 Å². The van der Waals surface area contributed by atoms with Crippen molar-refractivity contribution in [3.8, 4) is 5.75 Å². The Morgan fingerprint density at radius 3 is 2.56 bits per heavy atom. The average Bonchev–Trinajstić information content (AvgIpc) is 2.61. The molecule has 3 aromatic rings. The smallest absolute Gasteiger partial charge is 0.451 e. The van der Waals surface area contributed by atoms with Crippen LogP contribution in [0.3, 0.4) is 0 Å². The molecular weight excluding hydrogens is 387 g/mol. The highest BCUT2D eigenvalue weighted by molar-refractivity contribution is 6.33. The molecule has 1 N–H and O–H groups in total. The van der Waals surface area contributed by atoms with Gasteiger partial charge in [0.2, 0.25) is 5.82 Å². The number of rotatable bonds is 4. The number of hydrogen-bond acceptors (Lipinski definition) is 6. The highest BCUT2D eigenvalue weighted by Gasteiger charge is 2.35. The molecule has 0 saturated heterocycles. The number of carbonyl (C=O) groups is 1. The lowest BCUT2D eigenvalue weighted by molar-refractivity contribution is -0.255. The van der Waals surface area contributed by atoms with E-state index in [0.29, 0.717) is 5.75 Å². The van der Waals surface area contributed by atoms with Crippen molar-refractivity contribution in [1.29, 1.82) is 0 Å². The van der Waals surface area contributed by atoms with Gasteiger partial charge in [-0.05, 0) is 29.8 Å². The second-order valence-electron chi connectivity index (χ2n) is 5.38. The van der Waals surface area contributed by atoms with E-state index in [1.54, 1.807) is 0 Å². The van der Waals surface area contributed by atoms with Gasteiger partial charge in [-0.3, -0.25) is 0 Å². The Hall–Kier alpha value is -3.07. The number of carboxylic acids is 1. The normalized spacial score (nSPS) is 11.4. The van der Waals surface area contributed by atoms with E-state index in [-0.39, 0.29) is 33.0 Å². The molecule has 0 atom stereocenters. The van der Waals surface area contributed by atoms with Crippen LogP contribution < -0.4 is 15.2 Å². The van der Waals surface area contributed by atoms with Crippen LogP contribution in [0.4, 0.5) is 24.7 Å². The number of hydrogen-bond donors (Lipinski definition) is 1. The van der Waals surface area contributed by atoms with Gasteiger partial charge in [0, 0.05) is 11.5 Å². The molecule has 140 valence electrons. The summed E-state index contributed by atoms with van der Waals surface area (Å²) in [5, 5.41) is 14.0. The number of methoxy groups -OCH3 is 1. The van der Waals surface area contributed by atoms with Crippen LogP contribution in [0, 0.1) is 0 Å². The molecule has 0 aliphatic rings. The molecule has 0 bridgehead atoms. The summed E-state index contributed by atoms with van der Waals surface area (Å²) >= 11 is 6.02. The summed E-state index contributed by atoms with van der Waals surface area (Å²) in [5.74, 6) is -2.69. The maximum atomic E-state index is 13.2. The SMILES string of the molecule is COc1ccc2c(Nc3cc(C(=O)[O-])ccc3Cl)nc(C(F)(F)F)nc2c1. The van der Waals surface area contributed by atoms with Crippen molar-refractivity contribution in [2.24, 2.45) is 0 Å². The lowest BCUT2D eigenvalue weighted by atomic mass is 10.2. The van der Waals surface area contributed by atoms with Crippen LogP contribution in [-0.4, -0.2) is 23.0 Å². The summed E-state index contributed by atoms with van der Waals surface area (Å²) in [4.78, 5) is 18.1. The van der Waals surface area contributed by atoms with Crippen molar-refractivity contribution in [3.63, 3.8) is 0 Å². The van der Waals surface area contributed by atoms with Crippen molar-refractivity contribution in [2.75, 3.05) is 12.4 Å². The zero-order chi connectivity index (χ0) is 19.8. The highest BCUT2D eigenvalue weighted by atomic mass is 35.5. The zero-order valence-corrected chi connectivity index (χ0v) is 14.4. The van der Waals surface area contributed by atoms with Gasteiger partial charge in [-0.2, -0.15) is 13.2 Å². The first-order chi connectivity index (χ1) is 12.7. The molecule has 1 heterocycles. The number of carboxylic acid groups (broad SMARTS) is 1. The van der Waals surface area contributed by atoms with E-state index in [1.807, 2.05) is 0 Å². The number of aromatic nitrogens is 2. The molecule has 6 nitrogen and oxygen atoms in total. The Morgan fingerprint density at radius 2 is 1.93 bits per heavy atom. The van der Waals surface area contributed by atoms with Gasteiger partial charge in [0.15, 0.2) is 0 Å². The summed E-state index contributed by atoms with van der Waals surface area (Å²) < 4.78 is 44.5. The molecule has 10 heteroatoms. The molecule has 0 saturated carbocycles. The molecule has 1 aromatic heterocycles. The average molecular weight is 397 g/mol. The molecule has 0 unspecified atom stereocenters. The first kappa shape index (κ1) is 18.7. The van der Waals surface area contributed by atoms with Gasteiger partial charge in [-0.25, -0.2) is 9.97 Å². The molecule has 3 rings (SSSR count).